The lowest BCUT2D eigenvalue weighted by Gasteiger charge is -2.17. The minimum Gasteiger partial charge on any atom is -0.508 e. The highest BCUT2D eigenvalue weighted by molar-refractivity contribution is 5.25. The van der Waals surface area contributed by atoms with Crippen LogP contribution in [0.25, 0.3) is 0 Å². The normalized spacial score (nSPS) is 11.4. The van der Waals surface area contributed by atoms with E-state index in [1.807, 2.05) is 12.1 Å². The quantitative estimate of drug-likeness (QED) is 0.234. The molecule has 1 N–H and O–H groups in total. The number of phenolic OH excluding ortho intramolecular Hbond substituents is 1. The molecule has 1 heteroatoms. The molecule has 0 atom stereocenters. The third-order valence-electron chi connectivity index (χ3n) is 6.20. The molecule has 0 aliphatic rings. The molecule has 1 rings (SSSR count). The SMILES string of the molecule is CCCCCCCCC(CCCCCCCC)CCCCc1ccc(O)cc1. The van der Waals surface area contributed by atoms with Crippen LogP contribution in [0.2, 0.25) is 0 Å². The summed E-state index contributed by atoms with van der Waals surface area (Å²) in [5.41, 5.74) is 1.36. The van der Waals surface area contributed by atoms with Gasteiger partial charge in [0, 0.05) is 0 Å². The van der Waals surface area contributed by atoms with Crippen LogP contribution < -0.4 is 0 Å². The molecule has 1 nitrogen and oxygen atoms in total. The van der Waals surface area contributed by atoms with Crippen LogP contribution in [0, 0.1) is 5.92 Å². The first-order valence-corrected chi connectivity index (χ1v) is 12.5. The van der Waals surface area contributed by atoms with Crippen LogP contribution in [-0.2, 0) is 6.42 Å². The van der Waals surface area contributed by atoms with Crippen molar-refractivity contribution in [3.63, 3.8) is 0 Å². The molecule has 1 aromatic carbocycles. The van der Waals surface area contributed by atoms with E-state index < -0.39 is 0 Å². The van der Waals surface area contributed by atoms with Crippen LogP contribution in [0.3, 0.4) is 0 Å². The molecule has 0 saturated carbocycles. The third-order valence-corrected chi connectivity index (χ3v) is 6.20. The van der Waals surface area contributed by atoms with Crippen LogP contribution in [-0.4, -0.2) is 5.11 Å². The lowest BCUT2D eigenvalue weighted by molar-refractivity contribution is 0.368. The summed E-state index contributed by atoms with van der Waals surface area (Å²) in [6.45, 7) is 4.60. The van der Waals surface area contributed by atoms with Crippen LogP contribution in [0.1, 0.15) is 129 Å². The summed E-state index contributed by atoms with van der Waals surface area (Å²) >= 11 is 0. The van der Waals surface area contributed by atoms with Crippen molar-refractivity contribution in [2.45, 2.75) is 129 Å². The van der Waals surface area contributed by atoms with Gasteiger partial charge in [0.2, 0.25) is 0 Å². The number of hydrogen-bond donors (Lipinski definition) is 1. The average Bonchev–Trinajstić information content (AvgIpc) is 2.71. The molecule has 28 heavy (non-hydrogen) atoms. The lowest BCUT2D eigenvalue weighted by Crippen LogP contribution is -2.02. The second-order valence-electron chi connectivity index (χ2n) is 8.89. The summed E-state index contributed by atoms with van der Waals surface area (Å²) in [4.78, 5) is 0. The van der Waals surface area contributed by atoms with Gasteiger partial charge in [-0.25, -0.2) is 0 Å². The maximum atomic E-state index is 9.40. The predicted molar refractivity (Wildman–Crippen MR) is 125 cm³/mol. The van der Waals surface area contributed by atoms with Crippen molar-refractivity contribution in [2.24, 2.45) is 5.92 Å². The van der Waals surface area contributed by atoms with Gasteiger partial charge in [-0.05, 0) is 36.5 Å². The van der Waals surface area contributed by atoms with Gasteiger partial charge in [-0.1, -0.05) is 129 Å². The van der Waals surface area contributed by atoms with Crippen molar-refractivity contribution in [2.75, 3.05) is 0 Å². The van der Waals surface area contributed by atoms with Gasteiger partial charge in [0.25, 0.3) is 0 Å². The Morgan fingerprint density at radius 2 is 1.00 bits per heavy atom. The van der Waals surface area contributed by atoms with Gasteiger partial charge in [-0.15, -0.1) is 0 Å². The topological polar surface area (TPSA) is 20.2 Å². The van der Waals surface area contributed by atoms with Gasteiger partial charge in [0.15, 0.2) is 0 Å². The predicted octanol–water partition coefficient (Wildman–Crippen LogP) is 9.22. The number of benzene rings is 1. The third kappa shape index (κ3) is 14.1. The standard InChI is InChI=1S/C27H48O/c1-3-5-7-9-11-13-17-25(18-14-12-10-8-6-4-2)19-15-16-20-26-21-23-27(28)24-22-26/h21-25,28H,3-20H2,1-2H3. The van der Waals surface area contributed by atoms with Crippen molar-refractivity contribution in [3.05, 3.63) is 29.8 Å². The van der Waals surface area contributed by atoms with E-state index in [1.54, 1.807) is 0 Å². The molecule has 0 radical (unpaired) electrons. The summed E-state index contributed by atoms with van der Waals surface area (Å²) in [7, 11) is 0. The monoisotopic (exact) mass is 388 g/mol. The number of unbranched alkanes of at least 4 members (excludes halogenated alkanes) is 11. The molecule has 0 saturated heterocycles. The molecule has 0 aliphatic carbocycles. The fourth-order valence-electron chi connectivity index (χ4n) is 4.28. The van der Waals surface area contributed by atoms with E-state index in [0.29, 0.717) is 5.75 Å². The Bertz CT molecular complexity index is 420. The smallest absolute Gasteiger partial charge is 0.115 e. The van der Waals surface area contributed by atoms with E-state index in [9.17, 15) is 5.11 Å². The zero-order chi connectivity index (χ0) is 20.3. The molecule has 0 bridgehead atoms. The van der Waals surface area contributed by atoms with Gasteiger partial charge < -0.3 is 5.11 Å². The van der Waals surface area contributed by atoms with E-state index >= 15 is 0 Å². The number of hydrogen-bond acceptors (Lipinski definition) is 1. The van der Waals surface area contributed by atoms with Crippen LogP contribution >= 0.6 is 0 Å². The Hall–Kier alpha value is -0.980. The van der Waals surface area contributed by atoms with Crippen LogP contribution in [0.5, 0.6) is 5.75 Å². The summed E-state index contributed by atoms with van der Waals surface area (Å²) in [6, 6.07) is 7.77. The highest BCUT2D eigenvalue weighted by Gasteiger charge is 2.09. The van der Waals surface area contributed by atoms with Gasteiger partial charge in [-0.2, -0.15) is 0 Å². The van der Waals surface area contributed by atoms with Crippen LogP contribution in [0.15, 0.2) is 24.3 Å². The summed E-state index contributed by atoms with van der Waals surface area (Å²) < 4.78 is 0. The first-order valence-electron chi connectivity index (χ1n) is 12.5. The molecule has 0 spiro atoms. The molecule has 162 valence electrons. The highest BCUT2D eigenvalue weighted by atomic mass is 16.3. The molecular formula is C27H48O. The first-order chi connectivity index (χ1) is 13.8. The summed E-state index contributed by atoms with van der Waals surface area (Å²) in [5.74, 6) is 1.33. The fraction of sp³-hybridized carbons (Fsp3) is 0.778. The van der Waals surface area contributed by atoms with Crippen molar-refractivity contribution in [1.29, 1.82) is 0 Å². The summed E-state index contributed by atoms with van der Waals surface area (Å²) in [6.07, 6.45) is 25.2. The number of rotatable bonds is 19. The number of aryl methyl sites for hydroxylation is 1. The van der Waals surface area contributed by atoms with Crippen molar-refractivity contribution in [1.82, 2.24) is 0 Å². The molecule has 0 aromatic heterocycles. The molecular weight excluding hydrogens is 340 g/mol. The second-order valence-corrected chi connectivity index (χ2v) is 8.89. The zero-order valence-corrected chi connectivity index (χ0v) is 19.1. The first kappa shape index (κ1) is 25.1. The van der Waals surface area contributed by atoms with E-state index in [0.717, 1.165) is 12.3 Å². The average molecular weight is 389 g/mol. The Morgan fingerprint density at radius 1 is 0.571 bits per heavy atom. The zero-order valence-electron chi connectivity index (χ0n) is 19.1. The fourth-order valence-corrected chi connectivity index (χ4v) is 4.28. The Balaban J connectivity index is 2.21. The molecule has 0 fully saturated rings. The van der Waals surface area contributed by atoms with Gasteiger partial charge in [0.1, 0.15) is 5.75 Å². The molecule has 0 heterocycles. The maximum Gasteiger partial charge on any atom is 0.115 e. The van der Waals surface area contributed by atoms with Gasteiger partial charge in [-0.3, -0.25) is 0 Å². The number of phenols is 1. The minimum absolute atomic E-state index is 0.377. The van der Waals surface area contributed by atoms with Crippen LogP contribution in [0.4, 0.5) is 0 Å². The minimum atomic E-state index is 0.377. The second kappa shape index (κ2) is 18.1. The Kier molecular flexibility index (Phi) is 16.2. The lowest BCUT2D eigenvalue weighted by atomic mass is 9.89. The van der Waals surface area contributed by atoms with E-state index in [2.05, 4.69) is 26.0 Å². The maximum absolute atomic E-state index is 9.40. The van der Waals surface area contributed by atoms with E-state index in [1.165, 1.54) is 115 Å². The van der Waals surface area contributed by atoms with E-state index in [4.69, 9.17) is 0 Å². The Labute approximate surface area is 176 Å². The largest absolute Gasteiger partial charge is 0.508 e. The molecule has 0 amide bonds. The summed E-state index contributed by atoms with van der Waals surface area (Å²) in [5, 5.41) is 9.40. The van der Waals surface area contributed by atoms with Crippen molar-refractivity contribution in [3.8, 4) is 5.75 Å². The van der Waals surface area contributed by atoms with E-state index in [-0.39, 0.29) is 0 Å². The molecule has 0 unspecified atom stereocenters. The Morgan fingerprint density at radius 3 is 1.50 bits per heavy atom. The van der Waals surface area contributed by atoms with Crippen molar-refractivity contribution < 1.29 is 5.11 Å². The highest BCUT2D eigenvalue weighted by Crippen LogP contribution is 2.24. The van der Waals surface area contributed by atoms with Gasteiger partial charge in [0.05, 0.1) is 0 Å². The molecule has 0 aliphatic heterocycles. The van der Waals surface area contributed by atoms with Gasteiger partial charge >= 0.3 is 0 Å². The molecule has 1 aromatic rings. The number of aromatic hydroxyl groups is 1. The van der Waals surface area contributed by atoms with Crippen molar-refractivity contribution >= 4 is 0 Å².